The molecule has 0 aromatic carbocycles. The molecule has 3 nitrogen and oxygen atoms in total. The summed E-state index contributed by atoms with van der Waals surface area (Å²) < 4.78 is 0. The molecule has 0 aromatic rings. The van der Waals surface area contributed by atoms with Crippen molar-refractivity contribution in [3.8, 4) is 0 Å². The van der Waals surface area contributed by atoms with Gasteiger partial charge in [-0.1, -0.05) is 12.8 Å². The van der Waals surface area contributed by atoms with Crippen LogP contribution in [0.4, 0.5) is 0 Å². The number of aliphatic hydroxyl groups excluding tert-OH is 2. The molecule has 0 radical (unpaired) electrons. The van der Waals surface area contributed by atoms with Crippen molar-refractivity contribution in [2.75, 3.05) is 19.8 Å². The normalized spacial score (nSPS) is 29.1. The smallest absolute Gasteiger partial charge is 0.0474 e. The quantitative estimate of drug-likeness (QED) is 0.550. The third-order valence-electron chi connectivity index (χ3n) is 2.89. The van der Waals surface area contributed by atoms with Gasteiger partial charge in [0.25, 0.3) is 0 Å². The van der Waals surface area contributed by atoms with E-state index >= 15 is 0 Å². The van der Waals surface area contributed by atoms with E-state index in [-0.39, 0.29) is 6.61 Å². The molecule has 78 valence electrons. The molecule has 1 aliphatic carbocycles. The molecule has 2 atom stereocenters. The van der Waals surface area contributed by atoms with E-state index in [0.29, 0.717) is 18.6 Å². The molecule has 1 saturated carbocycles. The Morgan fingerprint density at radius 1 is 1.15 bits per heavy atom. The predicted octanol–water partition coefficient (Wildman–Crippen LogP) is 0.509. The lowest BCUT2D eigenvalue weighted by Gasteiger charge is -2.31. The van der Waals surface area contributed by atoms with Gasteiger partial charge in [-0.3, -0.25) is 0 Å². The van der Waals surface area contributed by atoms with Gasteiger partial charge in [0.1, 0.15) is 0 Å². The summed E-state index contributed by atoms with van der Waals surface area (Å²) in [6.45, 7) is 1.43. The Morgan fingerprint density at radius 3 is 2.62 bits per heavy atom. The molecule has 0 aliphatic heterocycles. The highest BCUT2D eigenvalue weighted by Crippen LogP contribution is 2.23. The van der Waals surface area contributed by atoms with Gasteiger partial charge in [-0.25, -0.2) is 0 Å². The van der Waals surface area contributed by atoms with Gasteiger partial charge < -0.3 is 15.5 Å². The standard InChI is InChI=1S/C10H21NO2/c12-7-3-6-11-10-5-2-1-4-9(10)8-13/h9-13H,1-8H2/t9-,10+/m1/s1. The molecular formula is C10H21NO2. The van der Waals surface area contributed by atoms with Gasteiger partial charge in [-0.2, -0.15) is 0 Å². The van der Waals surface area contributed by atoms with Crippen LogP contribution in [0.3, 0.4) is 0 Å². The number of rotatable bonds is 5. The molecule has 1 rings (SSSR count). The van der Waals surface area contributed by atoms with Gasteiger partial charge in [-0.15, -0.1) is 0 Å². The highest BCUT2D eigenvalue weighted by atomic mass is 16.3. The van der Waals surface area contributed by atoms with Gasteiger partial charge in [0.2, 0.25) is 0 Å². The number of nitrogens with one attached hydrogen (secondary N) is 1. The maximum Gasteiger partial charge on any atom is 0.0474 e. The summed E-state index contributed by atoms with van der Waals surface area (Å²) in [5, 5.41) is 21.2. The topological polar surface area (TPSA) is 52.5 Å². The van der Waals surface area contributed by atoms with Crippen LogP contribution in [0.25, 0.3) is 0 Å². The Bertz CT molecular complexity index is 130. The van der Waals surface area contributed by atoms with Crippen molar-refractivity contribution in [3.63, 3.8) is 0 Å². The van der Waals surface area contributed by atoms with E-state index in [9.17, 15) is 0 Å². The minimum Gasteiger partial charge on any atom is -0.396 e. The Morgan fingerprint density at radius 2 is 1.92 bits per heavy atom. The fourth-order valence-corrected chi connectivity index (χ4v) is 2.06. The monoisotopic (exact) mass is 187 g/mol. The number of aliphatic hydroxyl groups is 2. The lowest BCUT2D eigenvalue weighted by Crippen LogP contribution is -2.40. The van der Waals surface area contributed by atoms with Crippen LogP contribution in [-0.4, -0.2) is 36.0 Å². The summed E-state index contributed by atoms with van der Waals surface area (Å²) in [6, 6.07) is 0.477. The predicted molar refractivity (Wildman–Crippen MR) is 52.5 cm³/mol. The zero-order valence-corrected chi connectivity index (χ0v) is 8.21. The summed E-state index contributed by atoms with van der Waals surface area (Å²) in [5.41, 5.74) is 0. The van der Waals surface area contributed by atoms with Gasteiger partial charge in [0.15, 0.2) is 0 Å². The average molecular weight is 187 g/mol. The fraction of sp³-hybridized carbons (Fsp3) is 1.00. The third kappa shape index (κ3) is 3.63. The van der Waals surface area contributed by atoms with Gasteiger partial charge in [0.05, 0.1) is 0 Å². The van der Waals surface area contributed by atoms with Crippen LogP contribution in [0.15, 0.2) is 0 Å². The zero-order chi connectivity index (χ0) is 9.52. The lowest BCUT2D eigenvalue weighted by atomic mass is 9.85. The van der Waals surface area contributed by atoms with Crippen LogP contribution in [0, 0.1) is 5.92 Å². The first-order chi connectivity index (χ1) is 6.38. The van der Waals surface area contributed by atoms with Crippen LogP contribution in [0.1, 0.15) is 32.1 Å². The molecule has 0 bridgehead atoms. The lowest BCUT2D eigenvalue weighted by molar-refractivity contribution is 0.151. The molecule has 13 heavy (non-hydrogen) atoms. The second-order valence-corrected chi connectivity index (χ2v) is 3.86. The van der Waals surface area contributed by atoms with Crippen LogP contribution in [-0.2, 0) is 0 Å². The first kappa shape index (κ1) is 11.0. The molecule has 1 aliphatic rings. The minimum atomic E-state index is 0.253. The highest BCUT2D eigenvalue weighted by molar-refractivity contribution is 4.80. The van der Waals surface area contributed by atoms with Gasteiger partial charge in [0, 0.05) is 19.3 Å². The molecule has 1 fully saturated rings. The average Bonchev–Trinajstić information content (AvgIpc) is 2.19. The van der Waals surface area contributed by atoms with Crippen molar-refractivity contribution in [1.29, 1.82) is 0 Å². The van der Waals surface area contributed by atoms with Crippen molar-refractivity contribution < 1.29 is 10.2 Å². The number of hydrogen-bond donors (Lipinski definition) is 3. The highest BCUT2D eigenvalue weighted by Gasteiger charge is 2.23. The molecule has 0 aromatic heterocycles. The Hall–Kier alpha value is -0.120. The van der Waals surface area contributed by atoms with Gasteiger partial charge >= 0.3 is 0 Å². The fourth-order valence-electron chi connectivity index (χ4n) is 2.06. The molecule has 0 heterocycles. The van der Waals surface area contributed by atoms with Crippen molar-refractivity contribution >= 4 is 0 Å². The Labute approximate surface area is 80.2 Å². The van der Waals surface area contributed by atoms with Crippen LogP contribution >= 0.6 is 0 Å². The molecule has 3 heteroatoms. The summed E-state index contributed by atoms with van der Waals surface area (Å²) in [6.07, 6.45) is 5.66. The van der Waals surface area contributed by atoms with Crippen molar-refractivity contribution in [2.45, 2.75) is 38.1 Å². The second-order valence-electron chi connectivity index (χ2n) is 3.86. The largest absolute Gasteiger partial charge is 0.396 e. The Kier molecular flexibility index (Phi) is 5.35. The summed E-state index contributed by atoms with van der Waals surface area (Å²) in [4.78, 5) is 0. The van der Waals surface area contributed by atoms with E-state index in [0.717, 1.165) is 19.4 Å². The van der Waals surface area contributed by atoms with E-state index in [1.165, 1.54) is 19.3 Å². The van der Waals surface area contributed by atoms with E-state index in [4.69, 9.17) is 10.2 Å². The molecule has 0 spiro atoms. The maximum atomic E-state index is 9.13. The van der Waals surface area contributed by atoms with E-state index in [1.54, 1.807) is 0 Å². The Balaban J connectivity index is 2.19. The third-order valence-corrected chi connectivity index (χ3v) is 2.89. The van der Waals surface area contributed by atoms with Crippen molar-refractivity contribution in [3.05, 3.63) is 0 Å². The zero-order valence-electron chi connectivity index (χ0n) is 8.21. The molecule has 0 saturated heterocycles. The van der Waals surface area contributed by atoms with Crippen LogP contribution in [0.5, 0.6) is 0 Å². The summed E-state index contributed by atoms with van der Waals surface area (Å²) in [5.74, 6) is 0.437. The molecular weight excluding hydrogens is 166 g/mol. The van der Waals surface area contributed by atoms with Crippen molar-refractivity contribution in [2.24, 2.45) is 5.92 Å². The van der Waals surface area contributed by atoms with Crippen LogP contribution in [0.2, 0.25) is 0 Å². The summed E-state index contributed by atoms with van der Waals surface area (Å²) in [7, 11) is 0. The molecule has 0 amide bonds. The SMILES string of the molecule is OCCCN[C@H]1CCCC[C@@H]1CO. The molecule has 3 N–H and O–H groups in total. The van der Waals surface area contributed by atoms with Crippen LogP contribution < -0.4 is 5.32 Å². The van der Waals surface area contributed by atoms with E-state index in [1.807, 2.05) is 0 Å². The first-order valence-electron chi connectivity index (χ1n) is 5.33. The van der Waals surface area contributed by atoms with Crippen molar-refractivity contribution in [1.82, 2.24) is 5.32 Å². The minimum absolute atomic E-state index is 0.253. The maximum absolute atomic E-state index is 9.13. The van der Waals surface area contributed by atoms with Gasteiger partial charge in [-0.05, 0) is 31.7 Å². The second kappa shape index (κ2) is 6.35. The van der Waals surface area contributed by atoms with E-state index in [2.05, 4.69) is 5.32 Å². The summed E-state index contributed by atoms with van der Waals surface area (Å²) >= 11 is 0. The van der Waals surface area contributed by atoms with E-state index < -0.39 is 0 Å². The number of hydrogen-bond acceptors (Lipinski definition) is 3. The first-order valence-corrected chi connectivity index (χ1v) is 5.33. The molecule has 0 unspecified atom stereocenters.